The lowest BCUT2D eigenvalue weighted by molar-refractivity contribution is 0.133. The number of nitrogens with zero attached hydrogens (tertiary/aromatic N) is 2. The largest absolute Gasteiger partial charge is 0.390 e. The zero-order chi connectivity index (χ0) is 16.7. The van der Waals surface area contributed by atoms with E-state index in [1.807, 2.05) is 36.4 Å². The van der Waals surface area contributed by atoms with Crippen LogP contribution in [0.4, 0.5) is 0 Å². The lowest BCUT2D eigenvalue weighted by Gasteiger charge is -2.20. The van der Waals surface area contributed by atoms with Crippen molar-refractivity contribution in [3.05, 3.63) is 48.5 Å². The number of benzene rings is 2. The number of hydrogen-bond acceptors (Lipinski definition) is 3. The van der Waals surface area contributed by atoms with Gasteiger partial charge in [0.05, 0.1) is 18.4 Å². The Morgan fingerprint density at radius 1 is 0.958 bits per heavy atom. The molecule has 24 heavy (non-hydrogen) atoms. The van der Waals surface area contributed by atoms with Gasteiger partial charge < -0.3 is 9.67 Å². The summed E-state index contributed by atoms with van der Waals surface area (Å²) >= 11 is 0. The first kappa shape index (κ1) is 15.6. The van der Waals surface area contributed by atoms with Crippen LogP contribution in [0.1, 0.15) is 6.42 Å². The maximum atomic E-state index is 11.9. The summed E-state index contributed by atoms with van der Waals surface area (Å²) < 4.78 is 27.4. The van der Waals surface area contributed by atoms with Crippen LogP contribution in [0.3, 0.4) is 0 Å². The highest BCUT2D eigenvalue weighted by Crippen LogP contribution is 2.29. The molecule has 3 aromatic rings. The van der Waals surface area contributed by atoms with Crippen LogP contribution in [0.2, 0.25) is 0 Å². The number of sulfonamides is 1. The van der Waals surface area contributed by atoms with Crippen LogP contribution >= 0.6 is 0 Å². The Morgan fingerprint density at radius 2 is 1.54 bits per heavy atom. The fraction of sp³-hybridized carbons (Fsp3) is 0.333. The standard InChI is InChI=1S/C18H20N2O3S/c21-14(12-19-10-5-11-24(19,22)23)13-20-17-8-3-1-6-15(17)16-7-2-4-9-18(16)20/h1-4,6-9,14,21H,5,10-13H2/t14-/m0/s1. The predicted molar refractivity (Wildman–Crippen MR) is 95.4 cm³/mol. The van der Waals surface area contributed by atoms with Crippen LogP contribution in [-0.4, -0.2) is 47.3 Å². The molecule has 0 bridgehead atoms. The van der Waals surface area contributed by atoms with E-state index < -0.39 is 16.1 Å². The summed E-state index contributed by atoms with van der Waals surface area (Å²) in [6.45, 7) is 1.04. The average Bonchev–Trinajstić information content (AvgIpc) is 3.06. The van der Waals surface area contributed by atoms with Crippen molar-refractivity contribution in [3.63, 3.8) is 0 Å². The minimum absolute atomic E-state index is 0.156. The SMILES string of the molecule is O=S1(=O)CCCN1C[C@H](O)Cn1c2ccccc2c2ccccc21. The summed E-state index contributed by atoms with van der Waals surface area (Å²) in [7, 11) is -3.18. The summed E-state index contributed by atoms with van der Waals surface area (Å²) in [4.78, 5) is 0. The van der Waals surface area contributed by atoms with Crippen molar-refractivity contribution in [3.8, 4) is 0 Å². The number of hydrogen-bond donors (Lipinski definition) is 1. The first-order valence-corrected chi connectivity index (χ1v) is 9.79. The summed E-state index contributed by atoms with van der Waals surface area (Å²) in [5.74, 6) is 0.190. The van der Waals surface area contributed by atoms with E-state index in [2.05, 4.69) is 16.7 Å². The van der Waals surface area contributed by atoms with Gasteiger partial charge in [0, 0.05) is 34.9 Å². The van der Waals surface area contributed by atoms with E-state index in [1.165, 1.54) is 4.31 Å². The maximum absolute atomic E-state index is 11.9. The summed E-state index contributed by atoms with van der Waals surface area (Å²) in [5, 5.41) is 12.8. The molecular weight excluding hydrogens is 324 g/mol. The quantitative estimate of drug-likeness (QED) is 0.789. The van der Waals surface area contributed by atoms with E-state index in [0.29, 0.717) is 19.5 Å². The van der Waals surface area contributed by atoms with E-state index in [-0.39, 0.29) is 12.3 Å². The molecule has 0 aliphatic carbocycles. The Labute approximate surface area is 141 Å². The second kappa shape index (κ2) is 5.88. The molecular formula is C18H20N2O3S. The van der Waals surface area contributed by atoms with Crippen molar-refractivity contribution >= 4 is 31.8 Å². The smallest absolute Gasteiger partial charge is 0.214 e. The first-order chi connectivity index (χ1) is 11.6. The van der Waals surface area contributed by atoms with Crippen LogP contribution < -0.4 is 0 Å². The van der Waals surface area contributed by atoms with Crippen molar-refractivity contribution in [1.82, 2.24) is 8.87 Å². The van der Waals surface area contributed by atoms with Gasteiger partial charge in [-0.15, -0.1) is 0 Å². The zero-order valence-electron chi connectivity index (χ0n) is 13.3. The number of para-hydroxylation sites is 2. The van der Waals surface area contributed by atoms with Crippen LogP contribution in [0.15, 0.2) is 48.5 Å². The molecule has 0 unspecified atom stereocenters. The molecule has 5 nitrogen and oxygen atoms in total. The molecule has 1 N–H and O–H groups in total. The van der Waals surface area contributed by atoms with Crippen LogP contribution in [0.25, 0.3) is 21.8 Å². The molecule has 0 radical (unpaired) electrons. The monoisotopic (exact) mass is 344 g/mol. The van der Waals surface area contributed by atoms with Gasteiger partial charge in [0.2, 0.25) is 10.0 Å². The predicted octanol–water partition coefficient (Wildman–Crippen LogP) is 2.19. The normalized spacial score (nSPS) is 19.2. The van der Waals surface area contributed by atoms with E-state index in [0.717, 1.165) is 21.8 Å². The third kappa shape index (κ3) is 2.60. The average molecular weight is 344 g/mol. The molecule has 6 heteroatoms. The van der Waals surface area contributed by atoms with Gasteiger partial charge in [-0.1, -0.05) is 36.4 Å². The molecule has 0 saturated carbocycles. The number of β-amino-alcohol motifs (C(OH)–C–C–N with tert-alkyl or cyclic N) is 1. The summed E-state index contributed by atoms with van der Waals surface area (Å²) in [6.07, 6.45) is -0.0955. The molecule has 0 spiro atoms. The van der Waals surface area contributed by atoms with Gasteiger partial charge >= 0.3 is 0 Å². The second-order valence-corrected chi connectivity index (χ2v) is 8.41. The molecule has 1 aliphatic heterocycles. The highest BCUT2D eigenvalue weighted by Gasteiger charge is 2.30. The molecule has 126 valence electrons. The molecule has 1 aliphatic rings. The van der Waals surface area contributed by atoms with Crippen molar-refractivity contribution in [1.29, 1.82) is 0 Å². The minimum atomic E-state index is -3.18. The Bertz CT molecular complexity index is 941. The number of aromatic nitrogens is 1. The Kier molecular flexibility index (Phi) is 3.83. The van der Waals surface area contributed by atoms with E-state index in [1.54, 1.807) is 0 Å². The fourth-order valence-electron chi connectivity index (χ4n) is 3.60. The summed E-state index contributed by atoms with van der Waals surface area (Å²) in [6, 6.07) is 16.2. The Balaban J connectivity index is 1.68. The first-order valence-electron chi connectivity index (χ1n) is 8.18. The number of rotatable bonds is 4. The highest BCUT2D eigenvalue weighted by molar-refractivity contribution is 7.89. The van der Waals surface area contributed by atoms with Gasteiger partial charge in [-0.05, 0) is 18.6 Å². The Hall–Kier alpha value is -1.89. The van der Waals surface area contributed by atoms with Gasteiger partial charge in [0.25, 0.3) is 0 Å². The zero-order valence-corrected chi connectivity index (χ0v) is 14.1. The van der Waals surface area contributed by atoms with Crippen LogP contribution in [0, 0.1) is 0 Å². The number of aliphatic hydroxyl groups excluding tert-OH is 1. The fourth-order valence-corrected chi connectivity index (χ4v) is 5.16. The third-order valence-electron chi connectivity index (χ3n) is 4.69. The van der Waals surface area contributed by atoms with E-state index in [4.69, 9.17) is 0 Å². The van der Waals surface area contributed by atoms with Crippen LogP contribution in [-0.2, 0) is 16.6 Å². The molecule has 4 rings (SSSR count). The molecule has 1 saturated heterocycles. The van der Waals surface area contributed by atoms with Crippen molar-refractivity contribution in [2.45, 2.75) is 19.1 Å². The number of aliphatic hydroxyl groups is 1. The molecule has 0 amide bonds. The molecule has 2 heterocycles. The van der Waals surface area contributed by atoms with Gasteiger partial charge in [0.1, 0.15) is 0 Å². The summed E-state index contributed by atoms with van der Waals surface area (Å²) in [5.41, 5.74) is 2.11. The molecule has 1 atom stereocenters. The van der Waals surface area contributed by atoms with Crippen molar-refractivity contribution in [2.24, 2.45) is 0 Å². The number of fused-ring (bicyclic) bond motifs is 3. The maximum Gasteiger partial charge on any atom is 0.214 e. The van der Waals surface area contributed by atoms with Gasteiger partial charge in [-0.25, -0.2) is 8.42 Å². The lowest BCUT2D eigenvalue weighted by Crippen LogP contribution is -2.35. The van der Waals surface area contributed by atoms with E-state index >= 15 is 0 Å². The highest BCUT2D eigenvalue weighted by atomic mass is 32.2. The lowest BCUT2D eigenvalue weighted by atomic mass is 10.2. The Morgan fingerprint density at radius 3 is 2.08 bits per heavy atom. The molecule has 2 aromatic carbocycles. The molecule has 1 aromatic heterocycles. The van der Waals surface area contributed by atoms with Crippen LogP contribution in [0.5, 0.6) is 0 Å². The van der Waals surface area contributed by atoms with Crippen molar-refractivity contribution < 1.29 is 13.5 Å². The third-order valence-corrected chi connectivity index (χ3v) is 6.61. The van der Waals surface area contributed by atoms with Gasteiger partial charge in [-0.3, -0.25) is 0 Å². The van der Waals surface area contributed by atoms with Gasteiger partial charge in [-0.2, -0.15) is 4.31 Å². The topological polar surface area (TPSA) is 62.5 Å². The second-order valence-electron chi connectivity index (χ2n) is 6.33. The minimum Gasteiger partial charge on any atom is -0.390 e. The van der Waals surface area contributed by atoms with Crippen molar-refractivity contribution in [2.75, 3.05) is 18.8 Å². The molecule has 1 fully saturated rings. The van der Waals surface area contributed by atoms with Gasteiger partial charge in [0.15, 0.2) is 0 Å². The van der Waals surface area contributed by atoms with E-state index in [9.17, 15) is 13.5 Å².